The smallest absolute Gasteiger partial charge is 0.462 e. The van der Waals surface area contributed by atoms with Gasteiger partial charge in [0.15, 0.2) is 6.10 Å². The van der Waals surface area contributed by atoms with Crippen molar-refractivity contribution in [2.45, 2.75) is 141 Å². The predicted octanol–water partition coefficient (Wildman–Crippen LogP) is 10.5. The van der Waals surface area contributed by atoms with Crippen molar-refractivity contribution in [2.75, 3.05) is 26.4 Å². The number of unbranched alkanes of at least 4 members (excludes halogenated alkanes) is 4. The molecule has 0 heterocycles. The molecule has 4 N–H and O–H groups in total. The van der Waals surface area contributed by atoms with Crippen LogP contribution in [0.3, 0.4) is 0 Å². The molecule has 0 saturated heterocycles. The fraction of sp³-hybridized carbons (Fsp3) is 0.542. The number of phosphoric ester groups is 1. The van der Waals surface area contributed by atoms with Crippen LogP contribution in [0.15, 0.2) is 122 Å². The van der Waals surface area contributed by atoms with E-state index in [1.165, 1.54) is 19.3 Å². The zero-order chi connectivity index (χ0) is 44.2. The first-order valence-electron chi connectivity index (χ1n) is 21.6. The number of hydrogen-bond acceptors (Lipinski definition) is 10. The molecule has 12 heteroatoms. The minimum Gasteiger partial charge on any atom is -0.462 e. The molecular formula is C48H75O11P. The zero-order valence-electron chi connectivity index (χ0n) is 36.2. The van der Waals surface area contributed by atoms with Crippen molar-refractivity contribution < 1.29 is 52.9 Å². The molecule has 338 valence electrons. The summed E-state index contributed by atoms with van der Waals surface area (Å²) in [7, 11) is -4.67. The molecule has 0 aromatic rings. The van der Waals surface area contributed by atoms with E-state index in [4.69, 9.17) is 19.1 Å². The average Bonchev–Trinajstić information content (AvgIpc) is 3.23. The van der Waals surface area contributed by atoms with Crippen LogP contribution in [0, 0.1) is 0 Å². The zero-order valence-corrected chi connectivity index (χ0v) is 37.1. The van der Waals surface area contributed by atoms with Gasteiger partial charge in [0.2, 0.25) is 0 Å². The molecule has 0 aliphatic heterocycles. The molecule has 0 saturated carbocycles. The Morgan fingerprint density at radius 3 is 1.72 bits per heavy atom. The highest BCUT2D eigenvalue weighted by atomic mass is 31.2. The third kappa shape index (κ3) is 41.1. The molecule has 0 fully saturated rings. The Morgan fingerprint density at radius 1 is 0.583 bits per heavy atom. The number of esters is 2. The van der Waals surface area contributed by atoms with Crippen molar-refractivity contribution in [1.82, 2.24) is 0 Å². The first-order chi connectivity index (χ1) is 29.1. The number of rotatable bonds is 38. The summed E-state index contributed by atoms with van der Waals surface area (Å²) in [6, 6.07) is 0. The second-order valence-corrected chi connectivity index (χ2v) is 15.3. The molecule has 0 aromatic carbocycles. The van der Waals surface area contributed by atoms with E-state index in [9.17, 15) is 29.3 Å². The van der Waals surface area contributed by atoms with Gasteiger partial charge >= 0.3 is 19.8 Å². The van der Waals surface area contributed by atoms with Gasteiger partial charge in [-0.05, 0) is 83.5 Å². The van der Waals surface area contributed by atoms with E-state index in [1.54, 1.807) is 6.08 Å². The van der Waals surface area contributed by atoms with Gasteiger partial charge in [-0.25, -0.2) is 4.57 Å². The van der Waals surface area contributed by atoms with Crippen LogP contribution in [0.25, 0.3) is 0 Å². The lowest BCUT2D eigenvalue weighted by molar-refractivity contribution is -0.161. The van der Waals surface area contributed by atoms with Crippen LogP contribution >= 0.6 is 7.82 Å². The first kappa shape index (κ1) is 56.3. The van der Waals surface area contributed by atoms with E-state index in [1.807, 2.05) is 60.8 Å². The summed E-state index contributed by atoms with van der Waals surface area (Å²) in [6.07, 6.45) is 50.7. The van der Waals surface area contributed by atoms with Crippen molar-refractivity contribution >= 4 is 19.8 Å². The summed E-state index contributed by atoms with van der Waals surface area (Å²) >= 11 is 0. The second-order valence-electron chi connectivity index (χ2n) is 13.8. The Labute approximate surface area is 360 Å². The highest BCUT2D eigenvalue weighted by Crippen LogP contribution is 2.43. The summed E-state index contributed by atoms with van der Waals surface area (Å²) < 4.78 is 32.5. The molecule has 0 rings (SSSR count). The van der Waals surface area contributed by atoms with E-state index in [2.05, 4.69) is 73.1 Å². The molecule has 4 atom stereocenters. The normalized spacial score (nSPS) is 15.5. The van der Waals surface area contributed by atoms with Crippen molar-refractivity contribution in [3.8, 4) is 0 Å². The maximum absolute atomic E-state index is 12.6. The van der Waals surface area contributed by atoms with Crippen LogP contribution in [-0.4, -0.2) is 76.9 Å². The monoisotopic (exact) mass is 859 g/mol. The lowest BCUT2D eigenvalue weighted by Crippen LogP contribution is -2.29. The number of carbonyl (C=O) groups is 2. The van der Waals surface area contributed by atoms with Gasteiger partial charge in [-0.3, -0.25) is 18.6 Å². The van der Waals surface area contributed by atoms with Gasteiger partial charge in [0, 0.05) is 12.8 Å². The molecule has 0 aromatic heterocycles. The Balaban J connectivity index is 4.61. The molecule has 0 bridgehead atoms. The highest BCUT2D eigenvalue weighted by molar-refractivity contribution is 7.47. The van der Waals surface area contributed by atoms with Crippen molar-refractivity contribution in [3.05, 3.63) is 122 Å². The Hall–Kier alpha value is -3.67. The van der Waals surface area contributed by atoms with Crippen LogP contribution in [0.4, 0.5) is 0 Å². The summed E-state index contributed by atoms with van der Waals surface area (Å²) in [5.74, 6) is -1.14. The summed E-state index contributed by atoms with van der Waals surface area (Å²) in [5.41, 5.74) is 0. The third-order valence-electron chi connectivity index (χ3n) is 8.19. The van der Waals surface area contributed by atoms with E-state index >= 15 is 0 Å². The number of aliphatic hydroxyl groups excluding tert-OH is 3. The van der Waals surface area contributed by atoms with Crippen molar-refractivity contribution in [2.24, 2.45) is 0 Å². The van der Waals surface area contributed by atoms with Gasteiger partial charge in [0.05, 0.1) is 25.9 Å². The van der Waals surface area contributed by atoms with Gasteiger partial charge in [0.25, 0.3) is 0 Å². The number of phosphoric acid groups is 1. The Morgan fingerprint density at radius 2 is 1.12 bits per heavy atom. The van der Waals surface area contributed by atoms with Gasteiger partial charge < -0.3 is 29.7 Å². The van der Waals surface area contributed by atoms with Crippen LogP contribution in [0.5, 0.6) is 0 Å². The summed E-state index contributed by atoms with van der Waals surface area (Å²) in [6.45, 7) is 1.96. The molecule has 0 spiro atoms. The van der Waals surface area contributed by atoms with E-state index in [0.29, 0.717) is 38.5 Å². The van der Waals surface area contributed by atoms with Gasteiger partial charge in [-0.1, -0.05) is 148 Å². The molecule has 2 unspecified atom stereocenters. The fourth-order valence-corrected chi connectivity index (χ4v) is 5.65. The highest BCUT2D eigenvalue weighted by Gasteiger charge is 2.27. The topological polar surface area (TPSA) is 169 Å². The predicted molar refractivity (Wildman–Crippen MR) is 243 cm³/mol. The minimum absolute atomic E-state index is 0.0281. The van der Waals surface area contributed by atoms with Gasteiger partial charge in [0.1, 0.15) is 12.7 Å². The van der Waals surface area contributed by atoms with E-state index in [0.717, 1.165) is 38.5 Å². The maximum Gasteiger partial charge on any atom is 0.472 e. The van der Waals surface area contributed by atoms with Gasteiger partial charge in [-0.15, -0.1) is 0 Å². The van der Waals surface area contributed by atoms with Gasteiger partial charge in [-0.2, -0.15) is 0 Å². The van der Waals surface area contributed by atoms with Crippen molar-refractivity contribution in [1.29, 1.82) is 0 Å². The Bertz CT molecular complexity index is 1420. The third-order valence-corrected chi connectivity index (χ3v) is 9.14. The van der Waals surface area contributed by atoms with Crippen LogP contribution in [0.1, 0.15) is 123 Å². The molecule has 0 amide bonds. The lowest BCUT2D eigenvalue weighted by Gasteiger charge is -2.20. The minimum atomic E-state index is -4.67. The summed E-state index contributed by atoms with van der Waals surface area (Å²) in [5, 5.41) is 28.3. The lowest BCUT2D eigenvalue weighted by atomic mass is 10.2. The van der Waals surface area contributed by atoms with Crippen LogP contribution in [-0.2, 0) is 32.7 Å². The maximum atomic E-state index is 12.6. The Kier molecular flexibility index (Phi) is 39.5. The van der Waals surface area contributed by atoms with E-state index in [-0.39, 0.29) is 12.8 Å². The summed E-state index contributed by atoms with van der Waals surface area (Å²) in [4.78, 5) is 34.9. The molecule has 60 heavy (non-hydrogen) atoms. The number of carbonyl (C=O) groups excluding carboxylic acids is 2. The SMILES string of the molecule is CC/C=C\C/C=C\CC(O)/C=C/C=C\C/C=C\CCCC(=O)OC[C@H](COP(=O)(O)OC[C@@H](O)CO)OC(=O)CC/C=C\C/C=C\C/C=C\C/C=C\C/C=C\CCCCC. The largest absolute Gasteiger partial charge is 0.472 e. The van der Waals surface area contributed by atoms with Crippen LogP contribution < -0.4 is 0 Å². The molecule has 11 nitrogen and oxygen atoms in total. The number of allylic oxidation sites excluding steroid dienone is 18. The standard InChI is InChI=1S/C48H75O11P/c1-3-5-7-9-11-12-13-14-15-16-17-18-19-20-21-22-27-31-35-39-48(53)59-46(43-58-60(54,55)57-41-45(51)40-49)42-56-47(52)38-34-30-26-24-23-25-29-33-37-44(50)36-32-28-10-8-6-4-2/h6,8,11-12,14-15,17-18,20-21,24-29,31-33,37,44-46,49-51H,3-5,7,9-10,13,16,19,22-23,30,34-36,38-43H2,1-2H3,(H,54,55)/b8-6-,12-11-,15-14-,18-17-,21-20-,26-24-,29-25-,31-27-,32-28-,37-33+/t44?,45-,46+/m0/s1. The molecule has 0 aliphatic carbocycles. The number of aliphatic hydroxyl groups is 3. The number of hydrogen-bond donors (Lipinski definition) is 4. The number of ether oxygens (including phenoxy) is 2. The molecule has 0 radical (unpaired) electrons. The quantitative estimate of drug-likeness (QED) is 0.0153. The molecule has 0 aliphatic rings. The van der Waals surface area contributed by atoms with E-state index < -0.39 is 64.5 Å². The molecular weight excluding hydrogens is 783 g/mol. The van der Waals surface area contributed by atoms with Crippen LogP contribution in [0.2, 0.25) is 0 Å². The average molecular weight is 859 g/mol. The second kappa shape index (κ2) is 42.0. The fourth-order valence-electron chi connectivity index (χ4n) is 4.86. The first-order valence-corrected chi connectivity index (χ1v) is 23.1. The van der Waals surface area contributed by atoms with Crippen molar-refractivity contribution in [3.63, 3.8) is 0 Å².